The fourth-order valence-corrected chi connectivity index (χ4v) is 5.97. The third-order valence-electron chi connectivity index (χ3n) is 8.94. The quantitative estimate of drug-likeness (QED) is 0.0907. The number of halogens is 3. The molecule has 0 spiro atoms. The average Bonchev–Trinajstić information content (AvgIpc) is 3.15. The van der Waals surface area contributed by atoms with Gasteiger partial charge in [0.1, 0.15) is 29.5 Å². The van der Waals surface area contributed by atoms with E-state index in [2.05, 4.69) is 15.0 Å². The van der Waals surface area contributed by atoms with Gasteiger partial charge in [-0.25, -0.2) is 9.69 Å². The number of hydrogen-bond acceptors (Lipinski definition) is 9. The van der Waals surface area contributed by atoms with E-state index in [1.54, 1.807) is 32.2 Å². The van der Waals surface area contributed by atoms with Crippen LogP contribution in [0.3, 0.4) is 0 Å². The highest BCUT2D eigenvalue weighted by Gasteiger charge is 2.40. The maximum absolute atomic E-state index is 14.6. The lowest BCUT2D eigenvalue weighted by Gasteiger charge is -2.38. The van der Waals surface area contributed by atoms with Crippen molar-refractivity contribution >= 4 is 23.5 Å². The monoisotopic (exact) mass is 710 g/mol. The Balaban J connectivity index is 1.27. The second-order valence-electron chi connectivity index (χ2n) is 12.6. The van der Waals surface area contributed by atoms with Crippen LogP contribution in [0.15, 0.2) is 91.8 Å². The van der Waals surface area contributed by atoms with E-state index >= 15 is 0 Å². The highest BCUT2D eigenvalue weighted by molar-refractivity contribution is 6.25. The van der Waals surface area contributed by atoms with Gasteiger partial charge in [0.2, 0.25) is 0 Å². The lowest BCUT2D eigenvalue weighted by Crippen LogP contribution is -2.43. The van der Waals surface area contributed by atoms with Crippen LogP contribution in [-0.2, 0) is 12.6 Å². The van der Waals surface area contributed by atoms with Gasteiger partial charge in [-0.3, -0.25) is 24.5 Å². The number of esters is 1. The van der Waals surface area contributed by atoms with Crippen molar-refractivity contribution in [2.45, 2.75) is 52.3 Å². The lowest BCUT2D eigenvalue weighted by atomic mass is 9.87. The van der Waals surface area contributed by atoms with Gasteiger partial charge in [-0.05, 0) is 112 Å². The van der Waals surface area contributed by atoms with Gasteiger partial charge in [-0.15, -0.1) is 0 Å². The van der Waals surface area contributed by atoms with E-state index in [1.807, 2.05) is 13.8 Å². The molecule has 2 aromatic carbocycles. The first kappa shape index (κ1) is 35.7. The first-order valence-corrected chi connectivity index (χ1v) is 16.2. The summed E-state index contributed by atoms with van der Waals surface area (Å²) >= 11 is 0. The van der Waals surface area contributed by atoms with Crippen molar-refractivity contribution in [3.63, 3.8) is 0 Å². The molecule has 266 valence electrons. The van der Waals surface area contributed by atoms with Crippen LogP contribution in [0.1, 0.15) is 72.2 Å². The molecule has 0 radical (unpaired) electrons. The van der Waals surface area contributed by atoms with E-state index in [4.69, 9.17) is 14.2 Å². The summed E-state index contributed by atoms with van der Waals surface area (Å²) in [6.07, 6.45) is 4.21. The number of imide groups is 1. The van der Waals surface area contributed by atoms with Crippen LogP contribution < -0.4 is 19.1 Å². The summed E-state index contributed by atoms with van der Waals surface area (Å²) in [4.78, 5) is 52.5. The van der Waals surface area contributed by atoms with Crippen molar-refractivity contribution in [2.24, 2.45) is 0 Å². The van der Waals surface area contributed by atoms with Gasteiger partial charge >= 0.3 is 12.1 Å². The van der Waals surface area contributed by atoms with Crippen molar-refractivity contribution in [2.75, 3.05) is 11.5 Å². The number of amides is 2. The van der Waals surface area contributed by atoms with Crippen LogP contribution in [0.4, 0.5) is 18.9 Å². The van der Waals surface area contributed by atoms with Gasteiger partial charge in [-0.2, -0.15) is 13.2 Å². The summed E-state index contributed by atoms with van der Waals surface area (Å²) < 4.78 is 62.0. The number of carbonyl (C=O) groups excluding carboxylic acids is 3. The van der Waals surface area contributed by atoms with Crippen LogP contribution in [0.5, 0.6) is 17.2 Å². The Bertz CT molecular complexity index is 2100. The number of anilines is 1. The van der Waals surface area contributed by atoms with Gasteiger partial charge in [0.15, 0.2) is 0 Å². The number of hydrogen-bond donors (Lipinski definition) is 0. The molecule has 1 aliphatic heterocycles. The molecule has 13 heteroatoms. The molecule has 2 amide bonds. The first-order chi connectivity index (χ1) is 24.8. The number of benzene rings is 2. The Hall–Kier alpha value is -6.11. The highest BCUT2D eigenvalue weighted by atomic mass is 19.4. The molecule has 10 nitrogen and oxygen atoms in total. The topological polar surface area (TPSA) is 121 Å². The van der Waals surface area contributed by atoms with E-state index < -0.39 is 40.9 Å². The molecule has 3 aromatic heterocycles. The Morgan fingerprint density at radius 3 is 1.94 bits per heavy atom. The molecule has 1 atom stereocenters. The van der Waals surface area contributed by atoms with Crippen LogP contribution in [0, 0.1) is 20.8 Å². The number of carbonyl (C=O) groups is 3. The second kappa shape index (κ2) is 14.3. The van der Waals surface area contributed by atoms with Crippen molar-refractivity contribution in [3.8, 4) is 17.2 Å². The zero-order valence-electron chi connectivity index (χ0n) is 28.7. The predicted molar refractivity (Wildman–Crippen MR) is 184 cm³/mol. The largest absolute Gasteiger partial charge is 0.489 e. The minimum atomic E-state index is -4.92. The molecule has 4 heterocycles. The Morgan fingerprint density at radius 1 is 0.827 bits per heavy atom. The Morgan fingerprint density at radius 2 is 1.40 bits per heavy atom. The number of rotatable bonds is 8. The summed E-state index contributed by atoms with van der Waals surface area (Å²) in [6.45, 7) is 6.96. The molecular formula is C39H33F3N4O6. The molecule has 0 N–H and O–H groups in total. The fraction of sp³-hybridized carbons (Fsp3) is 0.231. The lowest BCUT2D eigenvalue weighted by molar-refractivity contribution is -0.139. The van der Waals surface area contributed by atoms with Crippen molar-refractivity contribution in [3.05, 3.63) is 136 Å². The van der Waals surface area contributed by atoms with Crippen LogP contribution in [0.2, 0.25) is 0 Å². The highest BCUT2D eigenvalue weighted by Crippen LogP contribution is 2.45. The maximum Gasteiger partial charge on any atom is 0.420 e. The molecule has 1 aliphatic rings. The van der Waals surface area contributed by atoms with Crippen LogP contribution in [-0.4, -0.2) is 44.9 Å². The van der Waals surface area contributed by atoms with Gasteiger partial charge in [0.25, 0.3) is 11.8 Å². The summed E-state index contributed by atoms with van der Waals surface area (Å²) in [6, 6.07) is 12.0. The average molecular weight is 711 g/mol. The zero-order chi connectivity index (χ0) is 37.2. The SMILES string of the molecule is Cc1c(C)c2c(c(C)c1OC(=O)c1cccnc1)CCC(C)(COc1ccc(N(C(=O)c3cccnc3)C(=O)c3cccnc3)cc1C(F)(F)F)O2. The van der Waals surface area contributed by atoms with Gasteiger partial charge in [0, 0.05) is 42.7 Å². The van der Waals surface area contributed by atoms with Gasteiger partial charge in [-0.1, -0.05) is 0 Å². The molecule has 0 aliphatic carbocycles. The second-order valence-corrected chi connectivity index (χ2v) is 12.6. The zero-order valence-corrected chi connectivity index (χ0v) is 28.7. The molecule has 1 unspecified atom stereocenters. The molecule has 0 fully saturated rings. The number of pyridine rings is 3. The number of aromatic nitrogens is 3. The van der Waals surface area contributed by atoms with E-state index in [1.165, 1.54) is 61.3 Å². The normalized spacial score (nSPS) is 15.2. The Labute approximate surface area is 297 Å². The van der Waals surface area contributed by atoms with E-state index in [0.717, 1.165) is 22.8 Å². The first-order valence-electron chi connectivity index (χ1n) is 16.2. The smallest absolute Gasteiger partial charge is 0.420 e. The van der Waals surface area contributed by atoms with Gasteiger partial charge < -0.3 is 14.2 Å². The minimum Gasteiger partial charge on any atom is -0.489 e. The molecule has 0 bridgehead atoms. The summed E-state index contributed by atoms with van der Waals surface area (Å²) in [5, 5.41) is 0. The molecule has 0 saturated carbocycles. The third-order valence-corrected chi connectivity index (χ3v) is 8.94. The van der Waals surface area contributed by atoms with Gasteiger partial charge in [0.05, 0.1) is 27.9 Å². The molecular weight excluding hydrogens is 677 g/mol. The number of nitrogens with zero attached hydrogens (tertiary/aromatic N) is 4. The van der Waals surface area contributed by atoms with Crippen molar-refractivity contribution in [1.82, 2.24) is 15.0 Å². The Kier molecular flexibility index (Phi) is 9.79. The van der Waals surface area contributed by atoms with Crippen molar-refractivity contribution < 1.29 is 41.8 Å². The number of fused-ring (bicyclic) bond motifs is 1. The van der Waals surface area contributed by atoms with Crippen LogP contribution in [0.25, 0.3) is 0 Å². The fourth-order valence-electron chi connectivity index (χ4n) is 5.97. The van der Waals surface area contributed by atoms with E-state index in [0.29, 0.717) is 46.4 Å². The molecule has 52 heavy (non-hydrogen) atoms. The van der Waals surface area contributed by atoms with E-state index in [-0.39, 0.29) is 23.4 Å². The van der Waals surface area contributed by atoms with E-state index in [9.17, 15) is 27.6 Å². The molecule has 6 rings (SSSR count). The van der Waals surface area contributed by atoms with Crippen LogP contribution >= 0.6 is 0 Å². The maximum atomic E-state index is 14.6. The van der Waals surface area contributed by atoms with Crippen molar-refractivity contribution in [1.29, 1.82) is 0 Å². The standard InChI is InChI=1S/C39H33F3N4O6/c1-23-24(2)34-30(25(3)33(23)51-37(49)28-10-7-17-45-21-28)13-14-38(4,52-34)22-50-32-12-11-29(18-31(32)39(40,41)42)46(35(47)26-8-5-15-43-19-26)36(48)27-9-6-16-44-20-27/h5-12,15-21H,13-14,22H2,1-4H3. The summed E-state index contributed by atoms with van der Waals surface area (Å²) in [7, 11) is 0. The molecule has 0 saturated heterocycles. The number of ether oxygens (including phenoxy) is 3. The summed E-state index contributed by atoms with van der Waals surface area (Å²) in [5.41, 5.74) is 0.700. The summed E-state index contributed by atoms with van der Waals surface area (Å²) in [5.74, 6) is -1.83. The number of alkyl halides is 3. The predicted octanol–water partition coefficient (Wildman–Crippen LogP) is 7.68. The minimum absolute atomic E-state index is 0.00387. The molecule has 5 aromatic rings. The third kappa shape index (κ3) is 7.20.